The lowest BCUT2D eigenvalue weighted by Gasteiger charge is -2.28. The van der Waals surface area contributed by atoms with E-state index in [0.717, 1.165) is 12.0 Å². The Kier molecular flexibility index (Phi) is 11.9. The van der Waals surface area contributed by atoms with Gasteiger partial charge in [0.05, 0.1) is 12.2 Å². The molecule has 0 aromatic heterocycles. The Balaban J connectivity index is 0.00000481. The fraction of sp³-hybridized carbons (Fsp3) is 0.400. The van der Waals surface area contributed by atoms with E-state index in [2.05, 4.69) is 55.6 Å². The Morgan fingerprint density at radius 3 is 2.54 bits per heavy atom. The summed E-state index contributed by atoms with van der Waals surface area (Å²) in [7, 11) is 0. The molecule has 0 heterocycles. The summed E-state index contributed by atoms with van der Waals surface area (Å²) in [5.74, 6) is 0.238. The summed E-state index contributed by atoms with van der Waals surface area (Å²) in [5.41, 5.74) is 2.40. The molecular formula is C30H37ClN2O4. The fourth-order valence-corrected chi connectivity index (χ4v) is 4.16. The van der Waals surface area contributed by atoms with Gasteiger partial charge in [0.1, 0.15) is 24.5 Å². The van der Waals surface area contributed by atoms with Gasteiger partial charge in [-0.05, 0) is 74.1 Å². The number of ether oxygens (including phenoxy) is 2. The molecule has 198 valence electrons. The number of nitrogens with zero attached hydrogens (tertiary/aromatic N) is 1. The number of aliphatic hydroxyl groups excluding tert-OH is 1. The molecule has 1 unspecified atom stereocenters. The number of carbonyl (C=O) groups excluding carboxylic acids is 1. The highest BCUT2D eigenvalue weighted by Crippen LogP contribution is 2.22. The molecule has 0 saturated heterocycles. The normalized spacial score (nSPS) is 11.9. The van der Waals surface area contributed by atoms with E-state index < -0.39 is 6.10 Å². The topological polar surface area (TPSA) is 91.6 Å². The molecule has 0 saturated carbocycles. The maximum absolute atomic E-state index is 11.5. The number of aryl methyl sites for hydroxylation is 1. The fourth-order valence-electron chi connectivity index (χ4n) is 4.16. The average molecular weight is 525 g/mol. The van der Waals surface area contributed by atoms with E-state index in [4.69, 9.17) is 9.47 Å². The number of β-amino-alcohol motifs (C(OH)–C–C–N with tert-alkyl or cyclic N) is 1. The largest absolute Gasteiger partial charge is 0.489 e. The minimum Gasteiger partial charge on any atom is -0.489 e. The number of hydrogen-bond acceptors (Lipinski definition) is 6. The van der Waals surface area contributed by atoms with Gasteiger partial charge in [-0.1, -0.05) is 48.5 Å². The van der Waals surface area contributed by atoms with Crippen molar-refractivity contribution in [3.8, 4) is 11.8 Å². The van der Waals surface area contributed by atoms with Crippen LogP contribution in [0.4, 0.5) is 0 Å². The van der Waals surface area contributed by atoms with Gasteiger partial charge < -0.3 is 19.9 Å². The predicted molar refractivity (Wildman–Crippen MR) is 149 cm³/mol. The molecule has 0 amide bonds. The summed E-state index contributed by atoms with van der Waals surface area (Å²) in [5, 5.41) is 25.9. The van der Waals surface area contributed by atoms with Crippen molar-refractivity contribution in [3.63, 3.8) is 0 Å². The van der Waals surface area contributed by atoms with Crippen molar-refractivity contribution in [2.24, 2.45) is 0 Å². The van der Waals surface area contributed by atoms with Crippen LogP contribution >= 0.6 is 12.4 Å². The monoisotopic (exact) mass is 524 g/mol. The highest BCUT2D eigenvalue weighted by Gasteiger charge is 2.20. The molecule has 6 nitrogen and oxygen atoms in total. The average Bonchev–Trinajstić information content (AvgIpc) is 2.86. The molecule has 0 bridgehead atoms. The van der Waals surface area contributed by atoms with E-state index >= 15 is 0 Å². The Labute approximate surface area is 226 Å². The van der Waals surface area contributed by atoms with E-state index in [9.17, 15) is 15.2 Å². The smallest absolute Gasteiger partial charge is 0.305 e. The first-order valence-corrected chi connectivity index (χ1v) is 12.5. The molecule has 0 aliphatic rings. The number of nitrogens with one attached hydrogen (secondary N) is 1. The Hall–Kier alpha value is -3.11. The van der Waals surface area contributed by atoms with Crippen LogP contribution in [-0.2, 0) is 22.4 Å². The van der Waals surface area contributed by atoms with Gasteiger partial charge in [-0.15, -0.1) is 12.4 Å². The molecule has 7 heteroatoms. The molecule has 0 fully saturated rings. The molecule has 37 heavy (non-hydrogen) atoms. The van der Waals surface area contributed by atoms with Crippen LogP contribution in [-0.4, -0.2) is 42.5 Å². The van der Waals surface area contributed by atoms with Crippen LogP contribution in [0.1, 0.15) is 50.3 Å². The van der Waals surface area contributed by atoms with Crippen molar-refractivity contribution in [3.05, 3.63) is 77.4 Å². The lowest BCUT2D eigenvalue weighted by atomic mass is 9.93. The molecule has 0 aliphatic heterocycles. The maximum Gasteiger partial charge on any atom is 0.305 e. The van der Waals surface area contributed by atoms with Crippen molar-refractivity contribution >= 4 is 29.1 Å². The number of esters is 1. The molecule has 2 N–H and O–H groups in total. The van der Waals surface area contributed by atoms with Crippen molar-refractivity contribution in [1.29, 1.82) is 5.26 Å². The summed E-state index contributed by atoms with van der Waals surface area (Å²) < 4.78 is 10.8. The lowest BCUT2D eigenvalue weighted by Crippen LogP contribution is -2.46. The van der Waals surface area contributed by atoms with E-state index in [1.165, 1.54) is 16.3 Å². The number of hydrogen-bond donors (Lipinski definition) is 2. The second kappa shape index (κ2) is 14.6. The first-order chi connectivity index (χ1) is 17.3. The van der Waals surface area contributed by atoms with Crippen LogP contribution in [0.15, 0.2) is 60.7 Å². The summed E-state index contributed by atoms with van der Waals surface area (Å²) >= 11 is 0. The third-order valence-electron chi connectivity index (χ3n) is 6.03. The van der Waals surface area contributed by atoms with Gasteiger partial charge in [0.25, 0.3) is 0 Å². The SMILES string of the molecule is CCOC(=O)CCCc1ccc(C#N)c(OCC(O)CNC(C)(C)Cc2ccc3ccccc3c2)c1.Cl. The van der Waals surface area contributed by atoms with Gasteiger partial charge in [-0.2, -0.15) is 5.26 Å². The van der Waals surface area contributed by atoms with Crippen molar-refractivity contribution in [2.45, 2.75) is 58.1 Å². The number of nitriles is 1. The van der Waals surface area contributed by atoms with Gasteiger partial charge in [-0.3, -0.25) is 4.79 Å². The van der Waals surface area contributed by atoms with Gasteiger partial charge in [-0.25, -0.2) is 0 Å². The number of fused-ring (bicyclic) bond motifs is 1. The second-order valence-corrected chi connectivity index (χ2v) is 9.69. The van der Waals surface area contributed by atoms with E-state index in [1.807, 2.05) is 24.3 Å². The number of carbonyl (C=O) groups is 1. The third-order valence-corrected chi connectivity index (χ3v) is 6.03. The zero-order valence-corrected chi connectivity index (χ0v) is 22.6. The van der Waals surface area contributed by atoms with Crippen LogP contribution in [0.3, 0.4) is 0 Å². The van der Waals surface area contributed by atoms with Gasteiger partial charge in [0.2, 0.25) is 0 Å². The first-order valence-electron chi connectivity index (χ1n) is 12.5. The number of rotatable bonds is 13. The van der Waals surface area contributed by atoms with Crippen LogP contribution < -0.4 is 10.1 Å². The van der Waals surface area contributed by atoms with Crippen LogP contribution in [0.25, 0.3) is 10.8 Å². The highest BCUT2D eigenvalue weighted by atomic mass is 35.5. The number of aliphatic hydroxyl groups is 1. The number of halogens is 1. The van der Waals surface area contributed by atoms with Crippen LogP contribution in [0.2, 0.25) is 0 Å². The molecule has 3 rings (SSSR count). The summed E-state index contributed by atoms with van der Waals surface area (Å²) in [6.45, 7) is 6.83. The molecule has 0 radical (unpaired) electrons. The molecule has 1 atom stereocenters. The zero-order chi connectivity index (χ0) is 26.0. The first kappa shape index (κ1) is 30.1. The van der Waals surface area contributed by atoms with Gasteiger partial charge in [0.15, 0.2) is 0 Å². The summed E-state index contributed by atoms with van der Waals surface area (Å²) in [6, 6.07) is 22.3. The van der Waals surface area contributed by atoms with E-state index in [0.29, 0.717) is 43.7 Å². The van der Waals surface area contributed by atoms with Crippen molar-refractivity contribution in [1.82, 2.24) is 5.32 Å². The van der Waals surface area contributed by atoms with Gasteiger partial charge in [0, 0.05) is 18.5 Å². The minimum atomic E-state index is -0.736. The second-order valence-electron chi connectivity index (χ2n) is 9.69. The van der Waals surface area contributed by atoms with E-state index in [1.54, 1.807) is 13.0 Å². The van der Waals surface area contributed by atoms with Crippen LogP contribution in [0.5, 0.6) is 5.75 Å². The quantitative estimate of drug-likeness (QED) is 0.292. The van der Waals surface area contributed by atoms with Crippen molar-refractivity contribution in [2.75, 3.05) is 19.8 Å². The Bertz CT molecular complexity index is 1210. The molecule has 3 aromatic carbocycles. The highest BCUT2D eigenvalue weighted by molar-refractivity contribution is 5.85. The molecule has 0 aliphatic carbocycles. The van der Waals surface area contributed by atoms with Crippen molar-refractivity contribution < 1.29 is 19.4 Å². The number of benzene rings is 3. The Morgan fingerprint density at radius 1 is 1.08 bits per heavy atom. The standard InChI is InChI=1S/C30H36N2O4.ClH/c1-4-35-29(34)11-7-8-22-12-15-26(19-31)28(17-22)36-21-27(33)20-32-30(2,3)18-23-13-14-24-9-5-6-10-25(24)16-23;/h5-6,9-10,12-17,27,32-33H,4,7-8,11,18,20-21H2,1-3H3;1H. The zero-order valence-electron chi connectivity index (χ0n) is 21.8. The minimum absolute atomic E-state index is 0. The summed E-state index contributed by atoms with van der Waals surface area (Å²) in [6.07, 6.45) is 1.76. The lowest BCUT2D eigenvalue weighted by molar-refractivity contribution is -0.143. The molecule has 0 spiro atoms. The molecule has 3 aromatic rings. The van der Waals surface area contributed by atoms with E-state index in [-0.39, 0.29) is 30.5 Å². The maximum atomic E-state index is 11.5. The molecular weight excluding hydrogens is 488 g/mol. The van der Waals surface area contributed by atoms with Crippen LogP contribution in [0, 0.1) is 11.3 Å². The Morgan fingerprint density at radius 2 is 1.81 bits per heavy atom. The van der Waals surface area contributed by atoms with Gasteiger partial charge >= 0.3 is 5.97 Å². The summed E-state index contributed by atoms with van der Waals surface area (Å²) in [4.78, 5) is 11.5. The predicted octanol–water partition coefficient (Wildman–Crippen LogP) is 5.37. The third kappa shape index (κ3) is 9.70.